The van der Waals surface area contributed by atoms with E-state index in [2.05, 4.69) is 15.6 Å². The number of amides is 1. The molecule has 7 heteroatoms. The first-order chi connectivity index (χ1) is 10.2. The second-order valence-electron chi connectivity index (χ2n) is 4.57. The Morgan fingerprint density at radius 3 is 2.95 bits per heavy atom. The molecule has 0 aliphatic carbocycles. The first-order valence-corrected chi connectivity index (χ1v) is 7.24. The lowest BCUT2D eigenvalue weighted by molar-refractivity contribution is 0.0948. The number of nitrogens with two attached hydrogens (primary N) is 1. The van der Waals surface area contributed by atoms with E-state index in [9.17, 15) is 4.79 Å². The van der Waals surface area contributed by atoms with E-state index in [1.54, 1.807) is 16.8 Å². The van der Waals surface area contributed by atoms with E-state index < -0.39 is 0 Å². The number of benzene rings is 1. The third-order valence-corrected chi connectivity index (χ3v) is 3.18. The number of nitrogens with one attached hydrogen (secondary N) is 1. The molecule has 1 amide bonds. The van der Waals surface area contributed by atoms with Crippen LogP contribution in [-0.4, -0.2) is 34.0 Å². The van der Waals surface area contributed by atoms with Crippen molar-refractivity contribution in [2.75, 3.05) is 13.1 Å². The van der Waals surface area contributed by atoms with Crippen molar-refractivity contribution in [1.82, 2.24) is 20.3 Å². The highest BCUT2D eigenvalue weighted by Gasteiger charge is 2.19. The van der Waals surface area contributed by atoms with E-state index in [4.69, 9.17) is 17.3 Å². The van der Waals surface area contributed by atoms with Crippen molar-refractivity contribution in [3.63, 3.8) is 0 Å². The van der Waals surface area contributed by atoms with E-state index in [1.807, 2.05) is 19.1 Å². The van der Waals surface area contributed by atoms with Gasteiger partial charge in [-0.2, -0.15) is 0 Å². The number of carbonyl (C=O) groups excluding carboxylic acids is 1. The first-order valence-electron chi connectivity index (χ1n) is 6.86. The number of hydrogen-bond donors (Lipinski definition) is 2. The standard InChI is InChI=1S/C14H18ClN5O/c1-2-4-12-13(14(21)17-8-7-16)18-19-20(12)11-6-3-5-10(15)9-11/h3,5-6,9H,2,4,7-8,16H2,1H3,(H,17,21). The zero-order chi connectivity index (χ0) is 15.2. The van der Waals surface area contributed by atoms with Gasteiger partial charge in [0.2, 0.25) is 0 Å². The van der Waals surface area contributed by atoms with E-state index >= 15 is 0 Å². The molecular weight excluding hydrogens is 290 g/mol. The topological polar surface area (TPSA) is 85.8 Å². The highest BCUT2D eigenvalue weighted by atomic mass is 35.5. The Bertz CT molecular complexity index is 626. The van der Waals surface area contributed by atoms with Gasteiger partial charge in [-0.05, 0) is 24.6 Å². The molecule has 0 fully saturated rings. The summed E-state index contributed by atoms with van der Waals surface area (Å²) >= 11 is 6.01. The molecule has 112 valence electrons. The molecule has 0 aliphatic rings. The molecule has 0 aliphatic heterocycles. The molecular formula is C14H18ClN5O. The summed E-state index contributed by atoms with van der Waals surface area (Å²) in [4.78, 5) is 12.1. The highest BCUT2D eigenvalue weighted by Crippen LogP contribution is 2.18. The molecule has 0 unspecified atom stereocenters. The van der Waals surface area contributed by atoms with Crippen molar-refractivity contribution < 1.29 is 4.79 Å². The van der Waals surface area contributed by atoms with Gasteiger partial charge in [-0.15, -0.1) is 5.10 Å². The maximum Gasteiger partial charge on any atom is 0.273 e. The maximum atomic E-state index is 12.1. The average molecular weight is 308 g/mol. The smallest absolute Gasteiger partial charge is 0.273 e. The molecule has 0 saturated carbocycles. The predicted octanol–water partition coefficient (Wildman–Crippen LogP) is 1.56. The Hall–Kier alpha value is -1.92. The van der Waals surface area contributed by atoms with Crippen molar-refractivity contribution in [2.45, 2.75) is 19.8 Å². The van der Waals surface area contributed by atoms with Crippen LogP contribution < -0.4 is 11.1 Å². The van der Waals surface area contributed by atoms with E-state index in [0.717, 1.165) is 17.8 Å². The number of halogens is 1. The zero-order valence-electron chi connectivity index (χ0n) is 11.8. The van der Waals surface area contributed by atoms with Gasteiger partial charge in [0.1, 0.15) is 0 Å². The number of rotatable bonds is 6. The van der Waals surface area contributed by atoms with Crippen LogP contribution in [0.25, 0.3) is 5.69 Å². The first kappa shape index (κ1) is 15.5. The predicted molar refractivity (Wildman–Crippen MR) is 81.8 cm³/mol. The van der Waals surface area contributed by atoms with Crippen LogP contribution in [0.4, 0.5) is 0 Å². The lowest BCUT2D eigenvalue weighted by Crippen LogP contribution is -2.30. The lowest BCUT2D eigenvalue weighted by Gasteiger charge is -2.07. The van der Waals surface area contributed by atoms with Gasteiger partial charge in [-0.1, -0.05) is 36.2 Å². The van der Waals surface area contributed by atoms with Crippen molar-refractivity contribution in [3.05, 3.63) is 40.7 Å². The Kier molecular flexibility index (Phi) is 5.30. The summed E-state index contributed by atoms with van der Waals surface area (Å²) < 4.78 is 1.66. The van der Waals surface area contributed by atoms with Crippen LogP contribution in [0.5, 0.6) is 0 Å². The maximum absolute atomic E-state index is 12.1. The van der Waals surface area contributed by atoms with Crippen molar-refractivity contribution >= 4 is 17.5 Å². The minimum atomic E-state index is -0.253. The number of carbonyl (C=O) groups is 1. The van der Waals surface area contributed by atoms with E-state index in [0.29, 0.717) is 30.2 Å². The van der Waals surface area contributed by atoms with Crippen LogP contribution in [0.1, 0.15) is 29.5 Å². The quantitative estimate of drug-likeness (QED) is 0.848. The molecule has 0 saturated heterocycles. The molecule has 0 radical (unpaired) electrons. The summed E-state index contributed by atoms with van der Waals surface area (Å²) in [5.41, 5.74) is 7.29. The summed E-state index contributed by atoms with van der Waals surface area (Å²) in [5, 5.41) is 11.4. The third-order valence-electron chi connectivity index (χ3n) is 2.95. The molecule has 1 aromatic heterocycles. The minimum absolute atomic E-state index is 0.253. The normalized spacial score (nSPS) is 10.6. The molecule has 1 aromatic carbocycles. The fourth-order valence-electron chi connectivity index (χ4n) is 2.02. The molecule has 3 N–H and O–H groups in total. The number of hydrogen-bond acceptors (Lipinski definition) is 4. The summed E-state index contributed by atoms with van der Waals surface area (Å²) in [7, 11) is 0. The molecule has 0 atom stereocenters. The van der Waals surface area contributed by atoms with Crippen LogP contribution in [0, 0.1) is 0 Å². The fraction of sp³-hybridized carbons (Fsp3) is 0.357. The molecule has 0 bridgehead atoms. The summed E-state index contributed by atoms with van der Waals surface area (Å²) in [6.45, 7) is 2.84. The molecule has 1 heterocycles. The van der Waals surface area contributed by atoms with Crippen molar-refractivity contribution in [3.8, 4) is 5.69 Å². The number of nitrogens with zero attached hydrogens (tertiary/aromatic N) is 3. The van der Waals surface area contributed by atoms with Crippen LogP contribution in [0.15, 0.2) is 24.3 Å². The molecule has 2 aromatic rings. The van der Waals surface area contributed by atoms with Gasteiger partial charge < -0.3 is 11.1 Å². The van der Waals surface area contributed by atoms with Crippen molar-refractivity contribution in [2.24, 2.45) is 5.73 Å². The average Bonchev–Trinajstić information content (AvgIpc) is 2.89. The highest BCUT2D eigenvalue weighted by molar-refractivity contribution is 6.30. The Morgan fingerprint density at radius 2 is 2.29 bits per heavy atom. The van der Waals surface area contributed by atoms with Gasteiger partial charge in [0, 0.05) is 18.1 Å². The van der Waals surface area contributed by atoms with Gasteiger partial charge in [0.05, 0.1) is 11.4 Å². The monoisotopic (exact) mass is 307 g/mol. The third kappa shape index (κ3) is 3.59. The second kappa shape index (κ2) is 7.19. The zero-order valence-corrected chi connectivity index (χ0v) is 12.6. The van der Waals surface area contributed by atoms with Gasteiger partial charge in [0.15, 0.2) is 5.69 Å². The van der Waals surface area contributed by atoms with Gasteiger partial charge >= 0.3 is 0 Å². The van der Waals surface area contributed by atoms with Crippen molar-refractivity contribution in [1.29, 1.82) is 0 Å². The van der Waals surface area contributed by atoms with Crippen LogP contribution in [-0.2, 0) is 6.42 Å². The van der Waals surface area contributed by atoms with E-state index in [-0.39, 0.29) is 5.91 Å². The van der Waals surface area contributed by atoms with Crippen LogP contribution in [0.2, 0.25) is 5.02 Å². The molecule has 2 rings (SSSR count). The summed E-state index contributed by atoms with van der Waals surface area (Å²) in [6, 6.07) is 7.29. The fourth-order valence-corrected chi connectivity index (χ4v) is 2.21. The molecule has 0 spiro atoms. The molecule has 21 heavy (non-hydrogen) atoms. The summed E-state index contributed by atoms with van der Waals surface area (Å²) in [5.74, 6) is -0.253. The van der Waals surface area contributed by atoms with Gasteiger partial charge in [-0.25, -0.2) is 4.68 Å². The van der Waals surface area contributed by atoms with E-state index in [1.165, 1.54) is 0 Å². The largest absolute Gasteiger partial charge is 0.349 e. The Labute approximate surface area is 128 Å². The van der Waals surface area contributed by atoms with Crippen LogP contribution in [0.3, 0.4) is 0 Å². The van der Waals surface area contributed by atoms with Gasteiger partial charge in [0.25, 0.3) is 5.91 Å². The Balaban J connectivity index is 2.39. The summed E-state index contributed by atoms with van der Waals surface area (Å²) in [6.07, 6.45) is 1.58. The van der Waals surface area contributed by atoms with Gasteiger partial charge in [-0.3, -0.25) is 4.79 Å². The Morgan fingerprint density at radius 1 is 1.48 bits per heavy atom. The minimum Gasteiger partial charge on any atom is -0.349 e. The van der Waals surface area contributed by atoms with Crippen LogP contribution >= 0.6 is 11.6 Å². The molecule has 6 nitrogen and oxygen atoms in total. The number of aromatic nitrogens is 3. The second-order valence-corrected chi connectivity index (χ2v) is 5.01. The SMILES string of the molecule is CCCc1c(C(=O)NCCN)nnn1-c1cccc(Cl)c1. The lowest BCUT2D eigenvalue weighted by atomic mass is 10.2.